The molecule has 24 heavy (non-hydrogen) atoms. The summed E-state index contributed by atoms with van der Waals surface area (Å²) < 4.78 is 7.94. The molecule has 1 aromatic carbocycles. The molecule has 1 amide bonds. The molecule has 0 bridgehead atoms. The molecule has 8 heteroatoms. The number of carbonyl (C=O) groups excluding carboxylic acids is 2. The van der Waals surface area contributed by atoms with Gasteiger partial charge in [0.2, 0.25) is 0 Å². The van der Waals surface area contributed by atoms with Crippen LogP contribution < -0.4 is 5.32 Å². The number of hydrogen-bond acceptors (Lipinski definition) is 5. The Morgan fingerprint density at radius 1 is 1.38 bits per heavy atom. The smallest absolute Gasteiger partial charge is 0.312 e. The Morgan fingerprint density at radius 2 is 2.12 bits per heavy atom. The Labute approximate surface area is 150 Å². The molecule has 3 aromatic rings. The van der Waals surface area contributed by atoms with Crippen LogP contribution in [0.5, 0.6) is 0 Å². The number of hydrogen-bond donors (Lipinski definition) is 1. The monoisotopic (exact) mass is 407 g/mol. The lowest BCUT2D eigenvalue weighted by molar-refractivity contribution is -0.152. The number of nitrogens with zero attached hydrogens (tertiary/aromatic N) is 2. The van der Waals surface area contributed by atoms with Gasteiger partial charge in [0.1, 0.15) is 0 Å². The van der Waals surface area contributed by atoms with Crippen molar-refractivity contribution in [3.05, 3.63) is 52.2 Å². The highest BCUT2D eigenvalue weighted by Crippen LogP contribution is 2.15. The second kappa shape index (κ2) is 7.14. The van der Waals surface area contributed by atoms with Gasteiger partial charge in [-0.2, -0.15) is 0 Å². The molecule has 2 aromatic heterocycles. The molecule has 0 radical (unpaired) electrons. The van der Waals surface area contributed by atoms with E-state index in [4.69, 9.17) is 4.74 Å². The van der Waals surface area contributed by atoms with Gasteiger partial charge in [-0.05, 0) is 31.2 Å². The van der Waals surface area contributed by atoms with Crippen LogP contribution in [0.15, 0.2) is 46.5 Å². The average Bonchev–Trinajstić information content (AvgIpc) is 3.10. The molecule has 0 saturated carbocycles. The van der Waals surface area contributed by atoms with E-state index in [1.165, 1.54) is 18.3 Å². The van der Waals surface area contributed by atoms with Crippen molar-refractivity contribution in [2.24, 2.45) is 0 Å². The normalized spacial score (nSPS) is 12.1. The summed E-state index contributed by atoms with van der Waals surface area (Å²) in [5, 5.41) is 4.62. The lowest BCUT2D eigenvalue weighted by Gasteiger charge is -2.13. The fourth-order valence-electron chi connectivity index (χ4n) is 2.08. The maximum atomic E-state index is 12.1. The number of nitrogens with one attached hydrogen (secondary N) is 1. The summed E-state index contributed by atoms with van der Waals surface area (Å²) in [5.41, 5.74) is 1.26. The van der Waals surface area contributed by atoms with E-state index in [2.05, 4.69) is 26.2 Å². The van der Waals surface area contributed by atoms with E-state index in [9.17, 15) is 9.59 Å². The molecule has 0 saturated heterocycles. The first-order valence-electron chi connectivity index (χ1n) is 7.18. The van der Waals surface area contributed by atoms with E-state index in [-0.39, 0.29) is 12.3 Å². The van der Waals surface area contributed by atoms with Crippen molar-refractivity contribution in [1.29, 1.82) is 0 Å². The number of imidazole rings is 1. The topological polar surface area (TPSA) is 72.7 Å². The first-order valence-corrected chi connectivity index (χ1v) is 8.85. The number of carbonyl (C=O) groups is 2. The highest BCUT2D eigenvalue weighted by atomic mass is 79.9. The Morgan fingerprint density at radius 3 is 2.83 bits per heavy atom. The Hall–Kier alpha value is -2.19. The molecular weight excluding hydrogens is 394 g/mol. The zero-order valence-electron chi connectivity index (χ0n) is 12.7. The number of rotatable bonds is 5. The molecule has 0 unspecified atom stereocenters. The van der Waals surface area contributed by atoms with Gasteiger partial charge in [0, 0.05) is 27.9 Å². The second-order valence-corrected chi connectivity index (χ2v) is 6.92. The van der Waals surface area contributed by atoms with E-state index in [1.54, 1.807) is 18.3 Å². The van der Waals surface area contributed by atoms with Gasteiger partial charge in [-0.3, -0.25) is 14.0 Å². The van der Waals surface area contributed by atoms with Crippen molar-refractivity contribution in [2.75, 3.05) is 5.32 Å². The van der Waals surface area contributed by atoms with E-state index < -0.39 is 12.1 Å². The first-order chi connectivity index (χ1) is 11.5. The Bertz CT molecular complexity index is 844. The molecule has 3 rings (SSSR count). The summed E-state index contributed by atoms with van der Waals surface area (Å²) in [7, 11) is 0. The lowest BCUT2D eigenvalue weighted by atomic mass is 10.3. The number of benzene rings is 1. The van der Waals surface area contributed by atoms with Crippen molar-refractivity contribution >= 4 is 49.8 Å². The third-order valence-corrected chi connectivity index (χ3v) is 4.56. The van der Waals surface area contributed by atoms with E-state index in [0.717, 1.165) is 9.43 Å². The quantitative estimate of drug-likeness (QED) is 0.658. The molecule has 124 valence electrons. The molecule has 0 aliphatic heterocycles. The predicted molar refractivity (Wildman–Crippen MR) is 95.1 cm³/mol. The van der Waals surface area contributed by atoms with Crippen LogP contribution in [0.1, 0.15) is 12.6 Å². The highest BCUT2D eigenvalue weighted by Gasteiger charge is 2.19. The van der Waals surface area contributed by atoms with Gasteiger partial charge in [-0.25, -0.2) is 4.98 Å². The maximum absolute atomic E-state index is 12.1. The van der Waals surface area contributed by atoms with Crippen LogP contribution in [0.3, 0.4) is 0 Å². The SMILES string of the molecule is C[C@H](OC(=O)Cc1cn2ccsc2n1)C(=O)Nc1ccc(Br)cc1. The Kier molecular flexibility index (Phi) is 4.96. The maximum Gasteiger partial charge on any atom is 0.312 e. The number of halogens is 1. The van der Waals surface area contributed by atoms with Gasteiger partial charge in [-0.1, -0.05) is 15.9 Å². The number of thiazole rings is 1. The van der Waals surface area contributed by atoms with Crippen LogP contribution >= 0.6 is 27.3 Å². The molecule has 0 spiro atoms. The van der Waals surface area contributed by atoms with Crippen LogP contribution in [0, 0.1) is 0 Å². The lowest BCUT2D eigenvalue weighted by Crippen LogP contribution is -2.30. The molecule has 0 aliphatic carbocycles. The molecular formula is C16H14BrN3O3S. The molecule has 0 fully saturated rings. The first kappa shape index (κ1) is 16.7. The molecule has 1 N–H and O–H groups in total. The number of amides is 1. The van der Waals surface area contributed by atoms with Gasteiger partial charge in [0.15, 0.2) is 11.1 Å². The van der Waals surface area contributed by atoms with Gasteiger partial charge < -0.3 is 10.1 Å². The third kappa shape index (κ3) is 4.01. The zero-order valence-corrected chi connectivity index (χ0v) is 15.1. The summed E-state index contributed by atoms with van der Waals surface area (Å²) >= 11 is 4.81. The molecule has 1 atom stereocenters. The summed E-state index contributed by atoms with van der Waals surface area (Å²) in [5.74, 6) is -0.865. The minimum atomic E-state index is -0.884. The van der Waals surface area contributed by atoms with E-state index in [1.807, 2.05) is 28.1 Å². The fraction of sp³-hybridized carbons (Fsp3) is 0.188. The number of ether oxygens (including phenoxy) is 1. The molecule has 0 aliphatic rings. The standard InChI is InChI=1S/C16H14BrN3O3S/c1-10(15(22)18-12-4-2-11(17)3-5-12)23-14(21)8-13-9-20-6-7-24-16(20)19-13/h2-7,9-10H,8H2,1H3,(H,18,22)/t10-/m0/s1. The third-order valence-electron chi connectivity index (χ3n) is 3.26. The van der Waals surface area contributed by atoms with Crippen molar-refractivity contribution in [3.8, 4) is 0 Å². The summed E-state index contributed by atoms with van der Waals surface area (Å²) in [6, 6.07) is 7.15. The molecule has 6 nitrogen and oxygen atoms in total. The van der Waals surface area contributed by atoms with E-state index in [0.29, 0.717) is 11.4 Å². The largest absolute Gasteiger partial charge is 0.452 e. The van der Waals surface area contributed by atoms with Crippen molar-refractivity contribution in [3.63, 3.8) is 0 Å². The van der Waals surface area contributed by atoms with Crippen molar-refractivity contribution < 1.29 is 14.3 Å². The van der Waals surface area contributed by atoms with Gasteiger partial charge in [0.05, 0.1) is 12.1 Å². The highest BCUT2D eigenvalue weighted by molar-refractivity contribution is 9.10. The van der Waals surface area contributed by atoms with Gasteiger partial charge in [-0.15, -0.1) is 11.3 Å². The van der Waals surface area contributed by atoms with Crippen LogP contribution in [0.2, 0.25) is 0 Å². The van der Waals surface area contributed by atoms with Crippen LogP contribution in [0.25, 0.3) is 4.96 Å². The Balaban J connectivity index is 1.54. The average molecular weight is 408 g/mol. The zero-order chi connectivity index (χ0) is 17.1. The van der Waals surface area contributed by atoms with Crippen molar-refractivity contribution in [2.45, 2.75) is 19.4 Å². The van der Waals surface area contributed by atoms with Crippen LogP contribution in [-0.4, -0.2) is 27.4 Å². The minimum Gasteiger partial charge on any atom is -0.452 e. The number of esters is 1. The molecule has 2 heterocycles. The number of fused-ring (bicyclic) bond motifs is 1. The number of anilines is 1. The number of aromatic nitrogens is 2. The summed E-state index contributed by atoms with van der Waals surface area (Å²) in [6.07, 6.45) is 2.80. The van der Waals surface area contributed by atoms with Gasteiger partial charge in [0.25, 0.3) is 5.91 Å². The predicted octanol–water partition coefficient (Wildman–Crippen LogP) is 3.27. The summed E-state index contributed by atoms with van der Waals surface area (Å²) in [4.78, 5) is 29.2. The van der Waals surface area contributed by atoms with Crippen LogP contribution in [0.4, 0.5) is 5.69 Å². The van der Waals surface area contributed by atoms with Crippen molar-refractivity contribution in [1.82, 2.24) is 9.38 Å². The second-order valence-electron chi connectivity index (χ2n) is 5.13. The van der Waals surface area contributed by atoms with E-state index >= 15 is 0 Å². The van der Waals surface area contributed by atoms with Crippen LogP contribution in [-0.2, 0) is 20.7 Å². The van der Waals surface area contributed by atoms with Gasteiger partial charge >= 0.3 is 5.97 Å². The summed E-state index contributed by atoms with van der Waals surface area (Å²) in [6.45, 7) is 1.54. The fourth-order valence-corrected chi connectivity index (χ4v) is 3.06. The minimum absolute atomic E-state index is 0.0320.